The summed E-state index contributed by atoms with van der Waals surface area (Å²) < 4.78 is 5.68. The molecular formula is C19H23NOS. The van der Waals surface area contributed by atoms with Gasteiger partial charge in [-0.1, -0.05) is 43.3 Å². The molecule has 0 heterocycles. The molecule has 0 aliphatic carbocycles. The molecule has 22 heavy (non-hydrogen) atoms. The van der Waals surface area contributed by atoms with Gasteiger partial charge in [-0.05, 0) is 41.8 Å². The second-order valence-electron chi connectivity index (χ2n) is 5.26. The van der Waals surface area contributed by atoms with Gasteiger partial charge in [0, 0.05) is 18.0 Å². The van der Waals surface area contributed by atoms with E-state index in [0.29, 0.717) is 11.9 Å². The highest BCUT2D eigenvalue weighted by molar-refractivity contribution is 7.80. The molecule has 0 aliphatic heterocycles. The average Bonchev–Trinajstić information content (AvgIpc) is 2.54. The Hall–Kier alpha value is -1.87. The van der Waals surface area contributed by atoms with Crippen molar-refractivity contribution in [3.05, 3.63) is 59.7 Å². The maximum absolute atomic E-state index is 5.68. The maximum atomic E-state index is 5.68. The van der Waals surface area contributed by atoms with E-state index in [1.807, 2.05) is 19.2 Å². The van der Waals surface area contributed by atoms with E-state index in [1.165, 1.54) is 5.56 Å². The van der Waals surface area contributed by atoms with Crippen molar-refractivity contribution in [2.75, 3.05) is 19.0 Å². The number of hydrogen-bond donors (Lipinski definition) is 2. The third-order valence-electron chi connectivity index (χ3n) is 3.35. The van der Waals surface area contributed by atoms with Gasteiger partial charge in [-0.3, -0.25) is 0 Å². The summed E-state index contributed by atoms with van der Waals surface area (Å²) in [7, 11) is 1.92. The topological polar surface area (TPSA) is 21.3 Å². The lowest BCUT2D eigenvalue weighted by molar-refractivity contribution is 0.311. The molecule has 2 aromatic rings. The van der Waals surface area contributed by atoms with Crippen LogP contribution in [0.4, 0.5) is 5.69 Å². The van der Waals surface area contributed by atoms with Crippen molar-refractivity contribution >= 4 is 30.5 Å². The number of nitrogens with one attached hydrogen (secondary N) is 1. The van der Waals surface area contributed by atoms with Crippen molar-refractivity contribution in [1.29, 1.82) is 0 Å². The van der Waals surface area contributed by atoms with E-state index in [1.54, 1.807) is 0 Å². The molecule has 3 heteroatoms. The van der Waals surface area contributed by atoms with E-state index < -0.39 is 0 Å². The summed E-state index contributed by atoms with van der Waals surface area (Å²) in [5, 5.41) is 3.49. The Morgan fingerprint density at radius 2 is 1.55 bits per heavy atom. The highest BCUT2D eigenvalue weighted by Crippen LogP contribution is 2.16. The second-order valence-corrected chi connectivity index (χ2v) is 6.14. The minimum Gasteiger partial charge on any atom is -0.494 e. The van der Waals surface area contributed by atoms with Crippen LogP contribution in [0.3, 0.4) is 0 Å². The summed E-state index contributed by atoms with van der Waals surface area (Å²) in [5.74, 6) is 0.907. The summed E-state index contributed by atoms with van der Waals surface area (Å²) in [5.41, 5.74) is 3.46. The van der Waals surface area contributed by atoms with E-state index in [4.69, 9.17) is 4.74 Å². The van der Waals surface area contributed by atoms with Crippen LogP contribution in [0.1, 0.15) is 24.5 Å². The van der Waals surface area contributed by atoms with Gasteiger partial charge in [-0.25, -0.2) is 0 Å². The number of rotatable bonds is 7. The van der Waals surface area contributed by atoms with Crippen molar-refractivity contribution in [3.63, 3.8) is 0 Å². The van der Waals surface area contributed by atoms with E-state index in [2.05, 4.69) is 73.4 Å². The van der Waals surface area contributed by atoms with Gasteiger partial charge >= 0.3 is 0 Å². The standard InChI is InChI=1S/C19H23NOS/c1-15(22)13-14-21-19-11-7-17(8-12-19)4-3-16-5-9-18(20-2)10-6-16/h3-12,15,20,22H,13-14H2,1-2H3/b4-3+. The van der Waals surface area contributed by atoms with E-state index in [-0.39, 0.29) is 0 Å². The first-order valence-electron chi connectivity index (χ1n) is 7.54. The zero-order chi connectivity index (χ0) is 15.8. The Kier molecular flexibility index (Phi) is 6.41. The fourth-order valence-corrected chi connectivity index (χ4v) is 2.08. The quantitative estimate of drug-likeness (QED) is 0.555. The van der Waals surface area contributed by atoms with Crippen LogP contribution in [0, 0.1) is 0 Å². The molecule has 0 fully saturated rings. The van der Waals surface area contributed by atoms with Gasteiger partial charge in [0.2, 0.25) is 0 Å². The Bertz CT molecular complexity index is 588. The van der Waals surface area contributed by atoms with Crippen LogP contribution in [0.15, 0.2) is 48.5 Å². The third-order valence-corrected chi connectivity index (χ3v) is 3.61. The van der Waals surface area contributed by atoms with E-state index in [0.717, 1.165) is 23.4 Å². The first-order chi connectivity index (χ1) is 10.7. The SMILES string of the molecule is CNc1ccc(/C=C/c2ccc(OCCC(C)S)cc2)cc1. The lowest BCUT2D eigenvalue weighted by Gasteiger charge is -2.07. The Balaban J connectivity index is 1.91. The fourth-order valence-electron chi connectivity index (χ4n) is 1.98. The van der Waals surface area contributed by atoms with Gasteiger partial charge in [-0.2, -0.15) is 12.6 Å². The normalized spacial score (nSPS) is 12.3. The molecule has 116 valence electrons. The number of thiol groups is 1. The molecule has 0 spiro atoms. The predicted molar refractivity (Wildman–Crippen MR) is 99.9 cm³/mol. The first kappa shape index (κ1) is 16.5. The summed E-state index contributed by atoms with van der Waals surface area (Å²) in [6.07, 6.45) is 5.17. The molecule has 1 unspecified atom stereocenters. The highest BCUT2D eigenvalue weighted by atomic mass is 32.1. The monoisotopic (exact) mass is 313 g/mol. The molecule has 0 radical (unpaired) electrons. The van der Waals surface area contributed by atoms with E-state index in [9.17, 15) is 0 Å². The largest absolute Gasteiger partial charge is 0.494 e. The van der Waals surface area contributed by atoms with Crippen molar-refractivity contribution in [2.45, 2.75) is 18.6 Å². The van der Waals surface area contributed by atoms with Crippen LogP contribution in [-0.4, -0.2) is 18.9 Å². The summed E-state index contributed by atoms with van der Waals surface area (Å²) in [6, 6.07) is 16.5. The van der Waals surface area contributed by atoms with Gasteiger partial charge in [0.15, 0.2) is 0 Å². The minimum atomic E-state index is 0.372. The van der Waals surface area contributed by atoms with Crippen molar-refractivity contribution in [3.8, 4) is 5.75 Å². The molecule has 0 saturated carbocycles. The van der Waals surface area contributed by atoms with Gasteiger partial charge in [0.05, 0.1) is 6.61 Å². The highest BCUT2D eigenvalue weighted by Gasteiger charge is 1.97. The van der Waals surface area contributed by atoms with Gasteiger partial charge in [0.25, 0.3) is 0 Å². The predicted octanol–water partition coefficient (Wildman–Crippen LogP) is 4.99. The molecule has 0 amide bonds. The summed E-state index contributed by atoms with van der Waals surface area (Å²) in [4.78, 5) is 0. The lowest BCUT2D eigenvalue weighted by atomic mass is 10.1. The van der Waals surface area contributed by atoms with Crippen LogP contribution < -0.4 is 10.1 Å². The van der Waals surface area contributed by atoms with Crippen LogP contribution in [0.25, 0.3) is 12.2 Å². The van der Waals surface area contributed by atoms with Gasteiger partial charge < -0.3 is 10.1 Å². The van der Waals surface area contributed by atoms with Crippen molar-refractivity contribution < 1.29 is 4.74 Å². The molecule has 2 aromatic carbocycles. The molecule has 2 nitrogen and oxygen atoms in total. The zero-order valence-electron chi connectivity index (χ0n) is 13.1. The first-order valence-corrected chi connectivity index (χ1v) is 8.06. The van der Waals surface area contributed by atoms with E-state index >= 15 is 0 Å². The molecule has 1 atom stereocenters. The zero-order valence-corrected chi connectivity index (χ0v) is 14.0. The molecule has 0 bridgehead atoms. The van der Waals surface area contributed by atoms with Gasteiger partial charge in [0.1, 0.15) is 5.75 Å². The molecule has 1 N–H and O–H groups in total. The van der Waals surface area contributed by atoms with Crippen LogP contribution in [-0.2, 0) is 0 Å². The Morgan fingerprint density at radius 3 is 2.05 bits per heavy atom. The average molecular weight is 313 g/mol. The Morgan fingerprint density at radius 1 is 1.00 bits per heavy atom. The smallest absolute Gasteiger partial charge is 0.119 e. The molecular weight excluding hydrogens is 290 g/mol. The minimum absolute atomic E-state index is 0.372. The molecule has 0 saturated heterocycles. The second kappa shape index (κ2) is 8.54. The van der Waals surface area contributed by atoms with Crippen LogP contribution in [0.5, 0.6) is 5.75 Å². The van der Waals surface area contributed by atoms with Crippen LogP contribution >= 0.6 is 12.6 Å². The van der Waals surface area contributed by atoms with Crippen molar-refractivity contribution in [1.82, 2.24) is 0 Å². The summed E-state index contributed by atoms with van der Waals surface area (Å²) >= 11 is 4.34. The molecule has 0 aromatic heterocycles. The lowest BCUT2D eigenvalue weighted by Crippen LogP contribution is -2.02. The number of benzene rings is 2. The van der Waals surface area contributed by atoms with Gasteiger partial charge in [-0.15, -0.1) is 0 Å². The van der Waals surface area contributed by atoms with Crippen molar-refractivity contribution in [2.24, 2.45) is 0 Å². The molecule has 2 rings (SSSR count). The Labute approximate surface area is 138 Å². The third kappa shape index (κ3) is 5.49. The number of hydrogen-bond acceptors (Lipinski definition) is 3. The fraction of sp³-hybridized carbons (Fsp3) is 0.263. The summed E-state index contributed by atoms with van der Waals surface area (Å²) in [6.45, 7) is 2.78. The maximum Gasteiger partial charge on any atom is 0.119 e. The number of ether oxygens (including phenoxy) is 1. The number of anilines is 1. The molecule has 0 aliphatic rings. The van der Waals surface area contributed by atoms with Crippen LogP contribution in [0.2, 0.25) is 0 Å².